The molecule has 0 atom stereocenters. The Bertz CT molecular complexity index is 1260. The van der Waals surface area contributed by atoms with E-state index < -0.39 is 11.7 Å². The molecule has 3 aromatic rings. The summed E-state index contributed by atoms with van der Waals surface area (Å²) in [4.78, 5) is 26.8. The van der Waals surface area contributed by atoms with Crippen LogP contribution in [0, 0.1) is 0 Å². The van der Waals surface area contributed by atoms with Crippen molar-refractivity contribution in [3.63, 3.8) is 0 Å². The van der Waals surface area contributed by atoms with Crippen molar-refractivity contribution in [2.45, 2.75) is 31.5 Å². The van der Waals surface area contributed by atoms with Gasteiger partial charge in [-0.25, -0.2) is 0 Å². The number of nitrogens with zero attached hydrogens (tertiary/aromatic N) is 2. The Balaban J connectivity index is 1.29. The molecule has 37 heavy (non-hydrogen) atoms. The fourth-order valence-corrected chi connectivity index (χ4v) is 4.25. The summed E-state index contributed by atoms with van der Waals surface area (Å²) in [5.74, 6) is 0.0387. The molecular formula is C27H26F3N3O4. The minimum absolute atomic E-state index is 0.143. The summed E-state index contributed by atoms with van der Waals surface area (Å²) in [6.45, 7) is 1.24. The Labute approximate surface area is 211 Å². The minimum Gasteiger partial charge on any atom is -0.377 e. The average molecular weight is 514 g/mol. The maximum atomic E-state index is 12.9. The number of carbonyl (C=O) groups is 2. The van der Waals surface area contributed by atoms with E-state index in [4.69, 9.17) is 9.26 Å². The van der Waals surface area contributed by atoms with Gasteiger partial charge in [-0.1, -0.05) is 29.4 Å². The molecule has 1 aromatic heterocycles. The number of anilines is 1. The Kier molecular flexibility index (Phi) is 8.08. The predicted octanol–water partition coefficient (Wildman–Crippen LogP) is 5.51. The molecule has 2 amide bonds. The molecule has 7 nitrogen and oxygen atoms in total. The molecule has 1 aliphatic heterocycles. The Morgan fingerprint density at radius 3 is 2.57 bits per heavy atom. The Morgan fingerprint density at radius 2 is 1.89 bits per heavy atom. The number of aromatic nitrogens is 1. The summed E-state index contributed by atoms with van der Waals surface area (Å²) in [7, 11) is 1.50. The third kappa shape index (κ3) is 6.65. The van der Waals surface area contributed by atoms with Crippen LogP contribution in [0.4, 0.5) is 18.9 Å². The second-order valence-corrected chi connectivity index (χ2v) is 8.73. The third-order valence-electron chi connectivity index (χ3n) is 6.24. The molecular weight excluding hydrogens is 487 g/mol. The first kappa shape index (κ1) is 26.2. The van der Waals surface area contributed by atoms with Gasteiger partial charge in [-0.15, -0.1) is 0 Å². The number of rotatable bonds is 7. The first-order chi connectivity index (χ1) is 17.7. The number of ether oxygens (including phenoxy) is 1. The maximum absolute atomic E-state index is 12.9. The topological polar surface area (TPSA) is 84.7 Å². The van der Waals surface area contributed by atoms with Crippen molar-refractivity contribution in [1.29, 1.82) is 0 Å². The van der Waals surface area contributed by atoms with Gasteiger partial charge in [0.1, 0.15) is 12.2 Å². The molecule has 1 aliphatic rings. The third-order valence-corrected chi connectivity index (χ3v) is 6.24. The van der Waals surface area contributed by atoms with Crippen molar-refractivity contribution >= 4 is 23.6 Å². The Hall–Kier alpha value is -3.92. The van der Waals surface area contributed by atoms with E-state index in [2.05, 4.69) is 10.5 Å². The maximum Gasteiger partial charge on any atom is 0.416 e. The van der Waals surface area contributed by atoms with Crippen LogP contribution in [0.25, 0.3) is 6.08 Å². The predicted molar refractivity (Wildman–Crippen MR) is 131 cm³/mol. The highest BCUT2D eigenvalue weighted by molar-refractivity contribution is 6.04. The second kappa shape index (κ2) is 11.4. The van der Waals surface area contributed by atoms with Crippen LogP contribution in [0.5, 0.6) is 0 Å². The van der Waals surface area contributed by atoms with Gasteiger partial charge >= 0.3 is 6.18 Å². The molecule has 10 heteroatoms. The lowest BCUT2D eigenvalue weighted by Gasteiger charge is -2.31. The number of hydrogen-bond donors (Lipinski definition) is 1. The van der Waals surface area contributed by atoms with E-state index in [-0.39, 0.29) is 24.3 Å². The molecule has 1 saturated heterocycles. The number of halogens is 3. The van der Waals surface area contributed by atoms with Gasteiger partial charge in [0.05, 0.1) is 11.8 Å². The number of nitrogens with one attached hydrogen (secondary N) is 1. The molecule has 0 aliphatic carbocycles. The van der Waals surface area contributed by atoms with Gasteiger partial charge in [0.2, 0.25) is 5.91 Å². The van der Waals surface area contributed by atoms with E-state index in [1.165, 1.54) is 37.6 Å². The van der Waals surface area contributed by atoms with Crippen LogP contribution in [-0.4, -0.2) is 42.1 Å². The SMILES string of the molecule is COCc1oncc1C(=O)Nc1ccc(C2CCN(C(=O)/C=C/c3cccc(C(F)(F)F)c3)CC2)cc1. The monoisotopic (exact) mass is 513 g/mol. The molecule has 194 valence electrons. The number of benzene rings is 2. The van der Waals surface area contributed by atoms with Gasteiger partial charge in [0, 0.05) is 32.0 Å². The standard InChI is InChI=1S/C27H26F3N3O4/c1-36-17-24-23(16-31-37-24)26(35)32-22-8-6-19(7-9-22)20-11-13-33(14-12-20)25(34)10-5-18-3-2-4-21(15-18)27(28,29)30/h2-10,15-16,20H,11-14,17H2,1H3,(H,32,35)/b10-5+. The van der Waals surface area contributed by atoms with Crippen molar-refractivity contribution in [3.05, 3.63) is 88.8 Å². The van der Waals surface area contributed by atoms with Crippen molar-refractivity contribution in [3.8, 4) is 0 Å². The van der Waals surface area contributed by atoms with Gasteiger partial charge in [-0.3, -0.25) is 9.59 Å². The lowest BCUT2D eigenvalue weighted by Crippen LogP contribution is -2.36. The molecule has 0 radical (unpaired) electrons. The van der Waals surface area contributed by atoms with Crippen molar-refractivity contribution < 1.29 is 32.0 Å². The summed E-state index contributed by atoms with van der Waals surface area (Å²) >= 11 is 0. The molecule has 0 saturated carbocycles. The minimum atomic E-state index is -4.43. The van der Waals surface area contributed by atoms with E-state index >= 15 is 0 Å². The van der Waals surface area contributed by atoms with Gasteiger partial charge in [0.25, 0.3) is 5.91 Å². The molecule has 2 heterocycles. The number of likely N-dealkylation sites (tertiary alicyclic amines) is 1. The average Bonchev–Trinajstić information content (AvgIpc) is 3.36. The van der Waals surface area contributed by atoms with Crippen molar-refractivity contribution in [2.75, 3.05) is 25.5 Å². The van der Waals surface area contributed by atoms with Crippen LogP contribution >= 0.6 is 0 Å². The highest BCUT2D eigenvalue weighted by Crippen LogP contribution is 2.31. The first-order valence-electron chi connectivity index (χ1n) is 11.7. The molecule has 2 aromatic carbocycles. The number of hydrogen-bond acceptors (Lipinski definition) is 5. The number of carbonyl (C=O) groups excluding carboxylic acids is 2. The summed E-state index contributed by atoms with van der Waals surface area (Å²) in [6, 6.07) is 12.4. The highest BCUT2D eigenvalue weighted by Gasteiger charge is 2.30. The lowest BCUT2D eigenvalue weighted by atomic mass is 9.89. The van der Waals surface area contributed by atoms with Gasteiger partial charge in [-0.05, 0) is 60.2 Å². The molecule has 0 bridgehead atoms. The van der Waals surface area contributed by atoms with Crippen LogP contribution in [0.1, 0.15) is 51.6 Å². The van der Waals surface area contributed by atoms with E-state index in [1.54, 1.807) is 4.90 Å². The zero-order valence-corrected chi connectivity index (χ0v) is 20.1. The van der Waals surface area contributed by atoms with Gasteiger partial charge in [-0.2, -0.15) is 13.2 Å². The van der Waals surface area contributed by atoms with E-state index in [9.17, 15) is 22.8 Å². The van der Waals surface area contributed by atoms with E-state index in [0.29, 0.717) is 35.7 Å². The van der Waals surface area contributed by atoms with Crippen LogP contribution in [0.2, 0.25) is 0 Å². The summed E-state index contributed by atoms with van der Waals surface area (Å²) in [5.41, 5.74) is 1.62. The lowest BCUT2D eigenvalue weighted by molar-refractivity contribution is -0.137. The van der Waals surface area contributed by atoms with E-state index in [0.717, 1.165) is 30.5 Å². The molecule has 0 unspecified atom stereocenters. The van der Waals surface area contributed by atoms with Crippen molar-refractivity contribution in [2.24, 2.45) is 0 Å². The highest BCUT2D eigenvalue weighted by atomic mass is 19.4. The fourth-order valence-electron chi connectivity index (χ4n) is 4.25. The number of amides is 2. The van der Waals surface area contributed by atoms with Crippen LogP contribution < -0.4 is 5.32 Å². The molecule has 1 N–H and O–H groups in total. The number of piperidine rings is 1. The number of methoxy groups -OCH3 is 1. The zero-order chi connectivity index (χ0) is 26.4. The smallest absolute Gasteiger partial charge is 0.377 e. The Morgan fingerprint density at radius 1 is 1.16 bits per heavy atom. The summed E-state index contributed by atoms with van der Waals surface area (Å²) in [6.07, 6.45) is 1.17. The quantitative estimate of drug-likeness (QED) is 0.421. The van der Waals surface area contributed by atoms with Crippen molar-refractivity contribution in [1.82, 2.24) is 10.1 Å². The molecule has 1 fully saturated rings. The summed E-state index contributed by atoms with van der Waals surface area (Å²) < 4.78 is 48.7. The van der Waals surface area contributed by atoms with Crippen LogP contribution in [0.15, 0.2) is 65.3 Å². The van der Waals surface area contributed by atoms with Gasteiger partial charge < -0.3 is 19.5 Å². The largest absolute Gasteiger partial charge is 0.416 e. The zero-order valence-electron chi connectivity index (χ0n) is 20.1. The van der Waals surface area contributed by atoms with Crippen LogP contribution in [0.3, 0.4) is 0 Å². The molecule has 0 spiro atoms. The number of alkyl halides is 3. The van der Waals surface area contributed by atoms with E-state index in [1.807, 2.05) is 24.3 Å². The normalized spacial score (nSPS) is 14.8. The first-order valence-corrected chi connectivity index (χ1v) is 11.7. The second-order valence-electron chi connectivity index (χ2n) is 8.73. The fraction of sp³-hybridized carbons (Fsp3) is 0.296. The summed E-state index contributed by atoms with van der Waals surface area (Å²) in [5, 5.41) is 6.46. The molecule has 4 rings (SSSR count). The van der Waals surface area contributed by atoms with Crippen LogP contribution in [-0.2, 0) is 22.3 Å². The van der Waals surface area contributed by atoms with Gasteiger partial charge in [0.15, 0.2) is 5.76 Å².